The van der Waals surface area contributed by atoms with Crippen molar-refractivity contribution in [3.63, 3.8) is 0 Å². The van der Waals surface area contributed by atoms with E-state index in [1.54, 1.807) is 0 Å². The molecule has 8 nitrogen and oxygen atoms in total. The first-order valence-electron chi connectivity index (χ1n) is 4.73. The number of hydrogen-bond donors (Lipinski definition) is 3. The van der Waals surface area contributed by atoms with Gasteiger partial charge in [0.1, 0.15) is 6.54 Å². The first-order chi connectivity index (χ1) is 7.63. The van der Waals surface area contributed by atoms with Crippen LogP contribution in [-0.2, 0) is 11.3 Å². The summed E-state index contributed by atoms with van der Waals surface area (Å²) in [6, 6.07) is 0. The van der Waals surface area contributed by atoms with Crippen molar-refractivity contribution in [1.82, 2.24) is 20.3 Å². The van der Waals surface area contributed by atoms with Crippen molar-refractivity contribution < 1.29 is 14.7 Å². The summed E-state index contributed by atoms with van der Waals surface area (Å²) in [4.78, 5) is 21.8. The minimum atomic E-state index is -1.17. The quantitative estimate of drug-likeness (QED) is 0.505. The number of carbonyl (C=O) groups excluding carboxylic acids is 1. The van der Waals surface area contributed by atoms with E-state index in [0.717, 1.165) is 0 Å². The molecule has 16 heavy (non-hydrogen) atoms. The maximum atomic E-state index is 11.3. The summed E-state index contributed by atoms with van der Waals surface area (Å²) < 4.78 is 1.17. The molecule has 0 unspecified atom stereocenters. The van der Waals surface area contributed by atoms with Crippen LogP contribution in [0.1, 0.15) is 16.9 Å². The van der Waals surface area contributed by atoms with Gasteiger partial charge >= 0.3 is 5.97 Å². The maximum absolute atomic E-state index is 11.3. The van der Waals surface area contributed by atoms with E-state index in [0.29, 0.717) is 19.5 Å². The number of amides is 1. The van der Waals surface area contributed by atoms with Crippen molar-refractivity contribution in [2.24, 2.45) is 5.73 Å². The molecule has 0 spiro atoms. The summed E-state index contributed by atoms with van der Waals surface area (Å²) in [5.41, 5.74) is 5.07. The number of carboxylic acid groups (broad SMARTS) is 1. The van der Waals surface area contributed by atoms with Gasteiger partial charge in [0.25, 0.3) is 0 Å². The lowest BCUT2D eigenvalue weighted by atomic mass is 10.4. The Hall–Kier alpha value is -1.96. The molecule has 0 radical (unpaired) electrons. The van der Waals surface area contributed by atoms with Crippen molar-refractivity contribution in [2.75, 3.05) is 13.1 Å². The van der Waals surface area contributed by atoms with E-state index in [4.69, 9.17) is 10.8 Å². The molecule has 88 valence electrons. The molecular formula is C8H13N5O3. The number of nitrogens with one attached hydrogen (secondary N) is 1. The highest BCUT2D eigenvalue weighted by Gasteiger charge is 2.09. The normalized spacial score (nSPS) is 10.1. The second-order valence-electron chi connectivity index (χ2n) is 3.10. The van der Waals surface area contributed by atoms with Gasteiger partial charge in [-0.25, -0.2) is 9.48 Å². The highest BCUT2D eigenvalue weighted by molar-refractivity contribution is 5.84. The van der Waals surface area contributed by atoms with Crippen LogP contribution in [0, 0.1) is 0 Å². The number of rotatable bonds is 6. The summed E-state index contributed by atoms with van der Waals surface area (Å²) in [7, 11) is 0. The lowest BCUT2D eigenvalue weighted by molar-refractivity contribution is -0.121. The van der Waals surface area contributed by atoms with Crippen LogP contribution in [-0.4, -0.2) is 45.1 Å². The molecule has 0 aliphatic carbocycles. The largest absolute Gasteiger partial charge is 0.476 e. The minimum absolute atomic E-state index is 0.0507. The molecule has 1 aromatic heterocycles. The molecule has 0 saturated carbocycles. The minimum Gasteiger partial charge on any atom is -0.476 e. The second-order valence-corrected chi connectivity index (χ2v) is 3.10. The SMILES string of the molecule is NCCCNC(=O)Cn1cc(C(=O)O)nn1. The van der Waals surface area contributed by atoms with Gasteiger partial charge in [0.2, 0.25) is 5.91 Å². The molecule has 4 N–H and O–H groups in total. The van der Waals surface area contributed by atoms with E-state index in [1.807, 2.05) is 0 Å². The number of carbonyl (C=O) groups is 2. The number of nitrogens with two attached hydrogens (primary N) is 1. The molecule has 0 aromatic carbocycles. The number of aromatic carboxylic acids is 1. The van der Waals surface area contributed by atoms with Crippen molar-refractivity contribution in [2.45, 2.75) is 13.0 Å². The van der Waals surface area contributed by atoms with Gasteiger partial charge in [0.05, 0.1) is 6.20 Å². The summed E-state index contributed by atoms with van der Waals surface area (Å²) in [5, 5.41) is 18.1. The zero-order chi connectivity index (χ0) is 12.0. The molecule has 8 heteroatoms. The van der Waals surface area contributed by atoms with Gasteiger partial charge < -0.3 is 16.2 Å². The topological polar surface area (TPSA) is 123 Å². The van der Waals surface area contributed by atoms with Crippen LogP contribution >= 0.6 is 0 Å². The van der Waals surface area contributed by atoms with E-state index >= 15 is 0 Å². The van der Waals surface area contributed by atoms with Crippen molar-refractivity contribution >= 4 is 11.9 Å². The predicted octanol–water partition coefficient (Wildman–Crippen LogP) is -1.56. The molecule has 0 saturated heterocycles. The lowest BCUT2D eigenvalue weighted by Gasteiger charge is -2.02. The van der Waals surface area contributed by atoms with Crippen molar-refractivity contribution in [3.05, 3.63) is 11.9 Å². The fourth-order valence-corrected chi connectivity index (χ4v) is 1.01. The number of aromatic nitrogens is 3. The lowest BCUT2D eigenvalue weighted by Crippen LogP contribution is -2.29. The number of nitrogens with zero attached hydrogens (tertiary/aromatic N) is 3. The van der Waals surface area contributed by atoms with Crippen LogP contribution in [0.3, 0.4) is 0 Å². The highest BCUT2D eigenvalue weighted by atomic mass is 16.4. The van der Waals surface area contributed by atoms with Crippen LogP contribution in [0.2, 0.25) is 0 Å². The third-order valence-electron chi connectivity index (χ3n) is 1.77. The predicted molar refractivity (Wildman–Crippen MR) is 53.7 cm³/mol. The van der Waals surface area contributed by atoms with Crippen LogP contribution in [0.4, 0.5) is 0 Å². The van der Waals surface area contributed by atoms with Crippen molar-refractivity contribution in [3.8, 4) is 0 Å². The van der Waals surface area contributed by atoms with Crippen LogP contribution in [0.15, 0.2) is 6.20 Å². The molecule has 1 amide bonds. The molecule has 0 atom stereocenters. The fourth-order valence-electron chi connectivity index (χ4n) is 1.01. The Morgan fingerprint density at radius 2 is 2.31 bits per heavy atom. The Labute approximate surface area is 91.4 Å². The zero-order valence-electron chi connectivity index (χ0n) is 8.59. The number of hydrogen-bond acceptors (Lipinski definition) is 5. The average molecular weight is 227 g/mol. The van der Waals surface area contributed by atoms with Gasteiger partial charge in [-0.3, -0.25) is 4.79 Å². The van der Waals surface area contributed by atoms with Crippen molar-refractivity contribution in [1.29, 1.82) is 0 Å². The van der Waals surface area contributed by atoms with E-state index in [1.165, 1.54) is 10.9 Å². The molecule has 0 bridgehead atoms. The van der Waals surface area contributed by atoms with E-state index in [2.05, 4.69) is 15.6 Å². The molecule has 0 fully saturated rings. The van der Waals surface area contributed by atoms with Crippen LogP contribution in [0.25, 0.3) is 0 Å². The molecule has 0 aliphatic rings. The Bertz CT molecular complexity index is 376. The van der Waals surface area contributed by atoms with Gasteiger partial charge in [0.15, 0.2) is 5.69 Å². The smallest absolute Gasteiger partial charge is 0.358 e. The molecule has 1 heterocycles. The van der Waals surface area contributed by atoms with E-state index in [9.17, 15) is 9.59 Å². The maximum Gasteiger partial charge on any atom is 0.358 e. The zero-order valence-corrected chi connectivity index (χ0v) is 8.59. The molecule has 1 aromatic rings. The summed E-state index contributed by atoms with van der Waals surface area (Å²) >= 11 is 0. The Kier molecular flexibility index (Phi) is 4.40. The van der Waals surface area contributed by atoms with E-state index < -0.39 is 5.97 Å². The first-order valence-corrected chi connectivity index (χ1v) is 4.73. The van der Waals surface area contributed by atoms with Gasteiger partial charge in [-0.2, -0.15) is 0 Å². The Morgan fingerprint density at radius 3 is 2.88 bits per heavy atom. The standard InChI is InChI=1S/C8H13N5O3/c9-2-1-3-10-7(14)5-13-4-6(8(15)16)11-12-13/h4H,1-3,5,9H2,(H,10,14)(H,15,16). The van der Waals surface area contributed by atoms with E-state index in [-0.39, 0.29) is 18.1 Å². The van der Waals surface area contributed by atoms with Gasteiger partial charge in [-0.05, 0) is 13.0 Å². The number of carboxylic acids is 1. The average Bonchev–Trinajstić information content (AvgIpc) is 2.66. The Morgan fingerprint density at radius 1 is 1.56 bits per heavy atom. The first kappa shape index (κ1) is 12.1. The Balaban J connectivity index is 2.40. The summed E-state index contributed by atoms with van der Waals surface area (Å²) in [6.07, 6.45) is 1.90. The second kappa shape index (κ2) is 5.81. The summed E-state index contributed by atoms with van der Waals surface area (Å²) in [6.45, 7) is 0.952. The molecular weight excluding hydrogens is 214 g/mol. The fraction of sp³-hybridized carbons (Fsp3) is 0.500. The molecule has 1 rings (SSSR count). The van der Waals surface area contributed by atoms with Gasteiger partial charge in [-0.15, -0.1) is 5.10 Å². The van der Waals surface area contributed by atoms with Crippen LogP contribution < -0.4 is 11.1 Å². The third-order valence-corrected chi connectivity index (χ3v) is 1.77. The summed E-state index contributed by atoms with van der Waals surface area (Å²) in [5.74, 6) is -1.43. The third kappa shape index (κ3) is 3.65. The highest BCUT2D eigenvalue weighted by Crippen LogP contribution is 1.92. The van der Waals surface area contributed by atoms with Gasteiger partial charge in [-0.1, -0.05) is 5.21 Å². The van der Waals surface area contributed by atoms with Crippen LogP contribution in [0.5, 0.6) is 0 Å². The van der Waals surface area contributed by atoms with Gasteiger partial charge in [0, 0.05) is 6.54 Å². The molecule has 0 aliphatic heterocycles. The monoisotopic (exact) mass is 227 g/mol.